The predicted octanol–water partition coefficient (Wildman–Crippen LogP) is 1.96. The Morgan fingerprint density at radius 3 is 2.40 bits per heavy atom. The molecule has 7 heteroatoms. The van der Waals surface area contributed by atoms with Crippen molar-refractivity contribution in [1.29, 1.82) is 0 Å². The average molecular weight is 350 g/mol. The fourth-order valence-corrected chi connectivity index (χ4v) is 2.12. The van der Waals surface area contributed by atoms with Crippen LogP contribution < -0.4 is 5.32 Å². The van der Waals surface area contributed by atoms with Gasteiger partial charge in [-0.3, -0.25) is 4.79 Å². The molecule has 0 aliphatic heterocycles. The minimum absolute atomic E-state index is 0.0771. The molecule has 0 heterocycles. The van der Waals surface area contributed by atoms with E-state index in [9.17, 15) is 14.4 Å². The molecule has 0 spiro atoms. The monoisotopic (exact) mass is 350 g/mol. The zero-order chi connectivity index (χ0) is 18.8. The van der Waals surface area contributed by atoms with E-state index in [0.29, 0.717) is 6.42 Å². The molecular formula is C18H26N2O5. The number of nitrogens with zero attached hydrogens (tertiary/aromatic N) is 1. The number of rotatable bonds is 8. The number of benzene rings is 1. The Balaban J connectivity index is 2.50. The van der Waals surface area contributed by atoms with Crippen LogP contribution in [0.15, 0.2) is 30.3 Å². The van der Waals surface area contributed by atoms with Crippen molar-refractivity contribution in [3.05, 3.63) is 35.9 Å². The summed E-state index contributed by atoms with van der Waals surface area (Å²) in [5.74, 6) is -1.03. The first-order chi connectivity index (χ1) is 11.9. The van der Waals surface area contributed by atoms with Gasteiger partial charge in [0.05, 0.1) is 7.11 Å². The molecule has 0 radical (unpaired) electrons. The average Bonchev–Trinajstić information content (AvgIpc) is 2.63. The SMILES string of the molecule is CC[C@H](C)[C@@H](NC(=O)CN(C)C(=O)OCc1ccccc1)C(=O)OC. The molecule has 1 N–H and O–H groups in total. The van der Waals surface area contributed by atoms with Gasteiger partial charge in [-0.25, -0.2) is 9.59 Å². The highest BCUT2D eigenvalue weighted by atomic mass is 16.6. The summed E-state index contributed by atoms with van der Waals surface area (Å²) in [5, 5.41) is 2.62. The van der Waals surface area contributed by atoms with E-state index in [2.05, 4.69) is 5.32 Å². The minimum atomic E-state index is -0.740. The Bertz CT molecular complexity index is 576. The maximum absolute atomic E-state index is 12.1. The molecule has 7 nitrogen and oxygen atoms in total. The summed E-state index contributed by atoms with van der Waals surface area (Å²) >= 11 is 0. The van der Waals surface area contributed by atoms with Crippen molar-refractivity contribution in [1.82, 2.24) is 10.2 Å². The summed E-state index contributed by atoms with van der Waals surface area (Å²) in [6.07, 6.45) is 0.0896. The molecule has 138 valence electrons. The number of ether oxygens (including phenoxy) is 2. The van der Waals surface area contributed by atoms with E-state index in [4.69, 9.17) is 9.47 Å². The van der Waals surface area contributed by atoms with Crippen LogP contribution in [0.4, 0.5) is 4.79 Å². The van der Waals surface area contributed by atoms with Crippen molar-refractivity contribution < 1.29 is 23.9 Å². The van der Waals surface area contributed by atoms with Gasteiger partial charge in [0.25, 0.3) is 0 Å². The first kappa shape index (κ1) is 20.5. The molecule has 1 aromatic rings. The molecule has 0 bridgehead atoms. The predicted molar refractivity (Wildman–Crippen MR) is 92.7 cm³/mol. The highest BCUT2D eigenvalue weighted by molar-refractivity contribution is 5.87. The van der Waals surface area contributed by atoms with Crippen molar-refractivity contribution in [3.63, 3.8) is 0 Å². The molecule has 1 rings (SSSR count). The van der Waals surface area contributed by atoms with Gasteiger partial charge in [0.15, 0.2) is 0 Å². The van der Waals surface area contributed by atoms with Crippen LogP contribution in [-0.4, -0.2) is 49.6 Å². The standard InChI is InChI=1S/C18H26N2O5/c1-5-13(2)16(17(22)24-4)19-15(21)11-20(3)18(23)25-12-14-9-7-6-8-10-14/h6-10,13,16H,5,11-12H2,1-4H3,(H,19,21)/t13-,16+/m0/s1. The molecule has 25 heavy (non-hydrogen) atoms. The Labute approximate surface area is 148 Å². The minimum Gasteiger partial charge on any atom is -0.467 e. The maximum Gasteiger partial charge on any atom is 0.410 e. The van der Waals surface area contributed by atoms with Gasteiger partial charge in [0, 0.05) is 7.05 Å². The largest absolute Gasteiger partial charge is 0.467 e. The van der Waals surface area contributed by atoms with Crippen LogP contribution in [-0.2, 0) is 25.7 Å². The highest BCUT2D eigenvalue weighted by Crippen LogP contribution is 2.09. The third-order valence-corrected chi connectivity index (χ3v) is 3.88. The molecule has 0 aliphatic carbocycles. The Morgan fingerprint density at radius 1 is 1.20 bits per heavy atom. The van der Waals surface area contributed by atoms with Crippen LogP contribution in [0.1, 0.15) is 25.8 Å². The molecule has 2 amide bonds. The first-order valence-electron chi connectivity index (χ1n) is 8.18. The molecular weight excluding hydrogens is 324 g/mol. The van der Waals surface area contributed by atoms with Crippen LogP contribution in [0, 0.1) is 5.92 Å². The number of carbonyl (C=O) groups excluding carboxylic acids is 3. The van der Waals surface area contributed by atoms with Crippen LogP contribution in [0.3, 0.4) is 0 Å². The van der Waals surface area contributed by atoms with Crippen LogP contribution in [0.2, 0.25) is 0 Å². The lowest BCUT2D eigenvalue weighted by Crippen LogP contribution is -2.49. The molecule has 0 aliphatic rings. The summed E-state index contributed by atoms with van der Waals surface area (Å²) in [7, 11) is 2.74. The highest BCUT2D eigenvalue weighted by Gasteiger charge is 2.27. The van der Waals surface area contributed by atoms with Crippen LogP contribution in [0.25, 0.3) is 0 Å². The van der Waals surface area contributed by atoms with E-state index in [1.165, 1.54) is 14.2 Å². The second-order valence-electron chi connectivity index (χ2n) is 5.85. The summed E-state index contributed by atoms with van der Waals surface area (Å²) in [4.78, 5) is 37.0. The summed E-state index contributed by atoms with van der Waals surface area (Å²) in [5.41, 5.74) is 0.858. The number of hydrogen-bond acceptors (Lipinski definition) is 5. The van der Waals surface area contributed by atoms with Crippen molar-refractivity contribution in [2.75, 3.05) is 20.7 Å². The Morgan fingerprint density at radius 2 is 1.84 bits per heavy atom. The molecule has 0 unspecified atom stereocenters. The third-order valence-electron chi connectivity index (χ3n) is 3.88. The number of likely N-dealkylation sites (N-methyl/N-ethyl adjacent to an activating group) is 1. The van der Waals surface area contributed by atoms with Gasteiger partial charge >= 0.3 is 12.1 Å². The zero-order valence-electron chi connectivity index (χ0n) is 15.2. The number of methoxy groups -OCH3 is 1. The second-order valence-corrected chi connectivity index (χ2v) is 5.85. The molecule has 0 aromatic heterocycles. The van der Waals surface area contributed by atoms with Gasteiger partial charge in [0.2, 0.25) is 5.91 Å². The van der Waals surface area contributed by atoms with E-state index in [0.717, 1.165) is 10.5 Å². The fourth-order valence-electron chi connectivity index (χ4n) is 2.12. The zero-order valence-corrected chi connectivity index (χ0v) is 15.2. The van der Waals surface area contributed by atoms with Gasteiger partial charge in [0.1, 0.15) is 19.2 Å². The topological polar surface area (TPSA) is 84.9 Å². The summed E-state index contributed by atoms with van der Waals surface area (Å²) < 4.78 is 9.87. The van der Waals surface area contributed by atoms with Crippen molar-refractivity contribution in [3.8, 4) is 0 Å². The lowest BCUT2D eigenvalue weighted by atomic mass is 9.99. The Kier molecular flexibility index (Phi) is 8.46. The molecule has 2 atom stereocenters. The molecule has 0 saturated carbocycles. The fraction of sp³-hybridized carbons (Fsp3) is 0.500. The van der Waals surface area contributed by atoms with Gasteiger partial charge in [-0.2, -0.15) is 0 Å². The van der Waals surface area contributed by atoms with Crippen LogP contribution >= 0.6 is 0 Å². The van der Waals surface area contributed by atoms with Gasteiger partial charge in [-0.1, -0.05) is 50.6 Å². The maximum atomic E-state index is 12.1. The van der Waals surface area contributed by atoms with Gasteiger partial charge in [-0.05, 0) is 11.5 Å². The summed E-state index contributed by atoms with van der Waals surface area (Å²) in [6, 6.07) is 8.51. The molecule has 0 saturated heterocycles. The van der Waals surface area contributed by atoms with E-state index in [-0.39, 0.29) is 19.1 Å². The van der Waals surface area contributed by atoms with Crippen LogP contribution in [0.5, 0.6) is 0 Å². The number of esters is 1. The molecule has 1 aromatic carbocycles. The number of amides is 2. The van der Waals surface area contributed by atoms with E-state index >= 15 is 0 Å². The lowest BCUT2D eigenvalue weighted by Gasteiger charge is -2.23. The normalized spacial score (nSPS) is 12.6. The molecule has 0 fully saturated rings. The quantitative estimate of drug-likeness (QED) is 0.725. The summed E-state index contributed by atoms with van der Waals surface area (Å²) in [6.45, 7) is 3.68. The lowest BCUT2D eigenvalue weighted by molar-refractivity contribution is -0.146. The van der Waals surface area contributed by atoms with E-state index in [1.807, 2.05) is 44.2 Å². The Hall–Kier alpha value is -2.57. The second kappa shape index (κ2) is 10.3. The number of hydrogen-bond donors (Lipinski definition) is 1. The number of nitrogens with one attached hydrogen (secondary N) is 1. The van der Waals surface area contributed by atoms with Gasteiger partial charge < -0.3 is 19.7 Å². The number of carbonyl (C=O) groups is 3. The third kappa shape index (κ3) is 6.82. The first-order valence-corrected chi connectivity index (χ1v) is 8.18. The van der Waals surface area contributed by atoms with Gasteiger partial charge in [-0.15, -0.1) is 0 Å². The van der Waals surface area contributed by atoms with Crippen molar-refractivity contribution in [2.24, 2.45) is 5.92 Å². The van der Waals surface area contributed by atoms with E-state index in [1.54, 1.807) is 0 Å². The van der Waals surface area contributed by atoms with E-state index < -0.39 is 24.0 Å². The van der Waals surface area contributed by atoms with Crippen molar-refractivity contribution >= 4 is 18.0 Å². The van der Waals surface area contributed by atoms with Crippen molar-refractivity contribution in [2.45, 2.75) is 32.9 Å². The smallest absolute Gasteiger partial charge is 0.410 e.